The van der Waals surface area contributed by atoms with Crippen LogP contribution in [-0.4, -0.2) is 47.6 Å². The monoisotopic (exact) mass is 341 g/mol. The number of pyridine rings is 1. The smallest absolute Gasteiger partial charge is 0.274 e. The van der Waals surface area contributed by atoms with Gasteiger partial charge in [0.25, 0.3) is 17.4 Å². The zero-order valence-electron chi connectivity index (χ0n) is 13.9. The number of nitrogens with one attached hydrogen (secondary N) is 1. The molecule has 1 aliphatic rings. The van der Waals surface area contributed by atoms with E-state index in [2.05, 4.69) is 5.32 Å². The highest BCUT2D eigenvalue weighted by Gasteiger charge is 2.18. The van der Waals surface area contributed by atoms with E-state index in [-0.39, 0.29) is 17.2 Å². The minimum atomic E-state index is -0.395. The van der Waals surface area contributed by atoms with Crippen molar-refractivity contribution in [2.45, 2.75) is 0 Å². The molecule has 0 unspecified atom stereocenters. The van der Waals surface area contributed by atoms with E-state index >= 15 is 0 Å². The highest BCUT2D eigenvalue weighted by atomic mass is 16.5. The van der Waals surface area contributed by atoms with Crippen molar-refractivity contribution < 1.29 is 14.3 Å². The van der Waals surface area contributed by atoms with E-state index in [1.165, 1.54) is 4.57 Å². The lowest BCUT2D eigenvalue weighted by Crippen LogP contribution is -2.40. The molecule has 7 heteroatoms. The second-order valence-corrected chi connectivity index (χ2v) is 5.77. The summed E-state index contributed by atoms with van der Waals surface area (Å²) in [6.07, 6.45) is 1.62. The molecule has 1 aliphatic heterocycles. The molecule has 1 saturated heterocycles. The molecule has 2 aromatic rings. The molecule has 2 heterocycles. The standard InChI is InChI=1S/C18H19N3O4/c1-20-8-2-3-15(18(20)24)19-16(22)13-4-6-14(7-5-13)17(23)21-9-11-25-12-10-21/h2-8H,9-12H2,1H3,(H,19,22). The van der Waals surface area contributed by atoms with Gasteiger partial charge in [-0.1, -0.05) is 0 Å². The maximum atomic E-state index is 12.4. The van der Waals surface area contributed by atoms with Gasteiger partial charge in [-0.2, -0.15) is 0 Å². The van der Waals surface area contributed by atoms with Crippen LogP contribution in [0.5, 0.6) is 0 Å². The maximum absolute atomic E-state index is 12.4. The van der Waals surface area contributed by atoms with E-state index in [0.717, 1.165) is 0 Å². The first-order chi connectivity index (χ1) is 12.1. The molecule has 0 bridgehead atoms. The van der Waals surface area contributed by atoms with Crippen LogP contribution >= 0.6 is 0 Å². The molecule has 1 fully saturated rings. The van der Waals surface area contributed by atoms with E-state index in [9.17, 15) is 14.4 Å². The lowest BCUT2D eigenvalue weighted by atomic mass is 10.1. The van der Waals surface area contributed by atoms with Crippen LogP contribution in [0, 0.1) is 0 Å². The van der Waals surface area contributed by atoms with Crippen LogP contribution in [0.25, 0.3) is 0 Å². The van der Waals surface area contributed by atoms with Crippen molar-refractivity contribution in [1.82, 2.24) is 9.47 Å². The Kier molecular flexibility index (Phi) is 4.95. The minimum Gasteiger partial charge on any atom is -0.378 e. The first-order valence-electron chi connectivity index (χ1n) is 8.00. The number of amides is 2. The summed E-state index contributed by atoms with van der Waals surface area (Å²) in [6, 6.07) is 9.64. The Morgan fingerprint density at radius 1 is 1.04 bits per heavy atom. The molecule has 25 heavy (non-hydrogen) atoms. The third-order valence-electron chi connectivity index (χ3n) is 4.06. The quantitative estimate of drug-likeness (QED) is 0.907. The first-order valence-corrected chi connectivity index (χ1v) is 8.00. The van der Waals surface area contributed by atoms with Gasteiger partial charge in [0.05, 0.1) is 13.2 Å². The Bertz CT molecular complexity index is 836. The summed E-state index contributed by atoms with van der Waals surface area (Å²) in [5.41, 5.74) is 0.831. The molecule has 0 spiro atoms. The lowest BCUT2D eigenvalue weighted by molar-refractivity contribution is 0.0303. The van der Waals surface area contributed by atoms with Crippen molar-refractivity contribution in [3.05, 3.63) is 64.1 Å². The molecule has 1 N–H and O–H groups in total. The number of aromatic nitrogens is 1. The Morgan fingerprint density at radius 3 is 2.36 bits per heavy atom. The van der Waals surface area contributed by atoms with Crippen LogP contribution in [0.15, 0.2) is 47.4 Å². The Balaban J connectivity index is 1.71. The summed E-state index contributed by atoms with van der Waals surface area (Å²) in [7, 11) is 1.62. The molecule has 0 radical (unpaired) electrons. The molecule has 7 nitrogen and oxygen atoms in total. The summed E-state index contributed by atoms with van der Waals surface area (Å²) < 4.78 is 6.63. The van der Waals surface area contributed by atoms with E-state index in [0.29, 0.717) is 37.4 Å². The van der Waals surface area contributed by atoms with Gasteiger partial charge in [0, 0.05) is 37.5 Å². The maximum Gasteiger partial charge on any atom is 0.274 e. The number of carbonyl (C=O) groups is 2. The fraction of sp³-hybridized carbons (Fsp3) is 0.278. The molecule has 130 valence electrons. The van der Waals surface area contributed by atoms with Crippen molar-refractivity contribution in [3.8, 4) is 0 Å². The SMILES string of the molecule is Cn1cccc(NC(=O)c2ccc(C(=O)N3CCOCC3)cc2)c1=O. The Hall–Kier alpha value is -2.93. The second kappa shape index (κ2) is 7.31. The Labute approximate surface area is 144 Å². The number of anilines is 1. The predicted octanol–water partition coefficient (Wildman–Crippen LogP) is 1.11. The summed E-state index contributed by atoms with van der Waals surface area (Å²) in [5, 5.41) is 2.60. The number of hydrogen-bond donors (Lipinski definition) is 1. The molecular weight excluding hydrogens is 322 g/mol. The number of benzene rings is 1. The second-order valence-electron chi connectivity index (χ2n) is 5.77. The normalized spacial score (nSPS) is 14.2. The van der Waals surface area contributed by atoms with Crippen molar-refractivity contribution in [3.63, 3.8) is 0 Å². The number of nitrogens with zero attached hydrogens (tertiary/aromatic N) is 2. The molecule has 3 rings (SSSR count). The zero-order valence-corrected chi connectivity index (χ0v) is 13.9. The van der Waals surface area contributed by atoms with Gasteiger partial charge in [-0.15, -0.1) is 0 Å². The molecular formula is C18H19N3O4. The van der Waals surface area contributed by atoms with Gasteiger partial charge in [0.15, 0.2) is 0 Å². The van der Waals surface area contributed by atoms with Crippen molar-refractivity contribution in [2.24, 2.45) is 7.05 Å². The van der Waals surface area contributed by atoms with Gasteiger partial charge < -0.3 is 19.5 Å². The van der Waals surface area contributed by atoms with E-state index in [4.69, 9.17) is 4.74 Å². The van der Waals surface area contributed by atoms with Crippen LogP contribution in [0.1, 0.15) is 20.7 Å². The topological polar surface area (TPSA) is 80.6 Å². The van der Waals surface area contributed by atoms with E-state index < -0.39 is 5.91 Å². The number of aryl methyl sites for hydroxylation is 1. The third-order valence-corrected chi connectivity index (χ3v) is 4.06. The van der Waals surface area contributed by atoms with Gasteiger partial charge >= 0.3 is 0 Å². The summed E-state index contributed by atoms with van der Waals surface area (Å²) in [4.78, 5) is 38.3. The fourth-order valence-corrected chi connectivity index (χ4v) is 2.60. The molecule has 1 aromatic carbocycles. The third kappa shape index (κ3) is 3.77. The van der Waals surface area contributed by atoms with Crippen molar-refractivity contribution in [2.75, 3.05) is 31.6 Å². The van der Waals surface area contributed by atoms with E-state index in [1.807, 2.05) is 0 Å². The van der Waals surface area contributed by atoms with E-state index in [1.54, 1.807) is 54.5 Å². The van der Waals surface area contributed by atoms with Crippen LogP contribution in [-0.2, 0) is 11.8 Å². The van der Waals surface area contributed by atoms with Crippen LogP contribution in [0.2, 0.25) is 0 Å². The van der Waals surface area contributed by atoms with Crippen molar-refractivity contribution in [1.29, 1.82) is 0 Å². The molecule has 0 saturated carbocycles. The van der Waals surface area contributed by atoms with Gasteiger partial charge in [0.2, 0.25) is 0 Å². The average Bonchev–Trinajstić information content (AvgIpc) is 2.65. The lowest BCUT2D eigenvalue weighted by Gasteiger charge is -2.26. The van der Waals surface area contributed by atoms with Crippen LogP contribution < -0.4 is 10.9 Å². The largest absolute Gasteiger partial charge is 0.378 e. The first kappa shape index (κ1) is 16.9. The number of carbonyl (C=O) groups excluding carboxylic acids is 2. The molecule has 0 aliphatic carbocycles. The van der Waals surface area contributed by atoms with Gasteiger partial charge in [-0.05, 0) is 36.4 Å². The molecule has 1 aromatic heterocycles. The summed E-state index contributed by atoms with van der Waals surface area (Å²) >= 11 is 0. The summed E-state index contributed by atoms with van der Waals surface area (Å²) in [6.45, 7) is 2.22. The van der Waals surface area contributed by atoms with Gasteiger partial charge in [-0.3, -0.25) is 14.4 Å². The van der Waals surface area contributed by atoms with Crippen LogP contribution in [0.4, 0.5) is 5.69 Å². The highest BCUT2D eigenvalue weighted by Crippen LogP contribution is 2.11. The number of ether oxygens (including phenoxy) is 1. The molecule has 0 atom stereocenters. The zero-order chi connectivity index (χ0) is 17.8. The molecule has 2 amide bonds. The predicted molar refractivity (Wildman–Crippen MR) is 92.8 cm³/mol. The summed E-state index contributed by atoms with van der Waals surface area (Å²) in [5.74, 6) is -0.471. The fourth-order valence-electron chi connectivity index (χ4n) is 2.60. The van der Waals surface area contributed by atoms with Crippen LogP contribution in [0.3, 0.4) is 0 Å². The van der Waals surface area contributed by atoms with Gasteiger partial charge in [0.1, 0.15) is 5.69 Å². The Morgan fingerprint density at radius 2 is 1.68 bits per heavy atom. The number of morpholine rings is 1. The minimum absolute atomic E-state index is 0.0767. The number of hydrogen-bond acceptors (Lipinski definition) is 4. The van der Waals surface area contributed by atoms with Gasteiger partial charge in [-0.25, -0.2) is 0 Å². The van der Waals surface area contributed by atoms with Crippen molar-refractivity contribution >= 4 is 17.5 Å². The highest BCUT2D eigenvalue weighted by molar-refractivity contribution is 6.05. The average molecular weight is 341 g/mol. The number of rotatable bonds is 3.